The second-order valence-electron chi connectivity index (χ2n) is 15.5. The maximum absolute atomic E-state index is 6.65. The number of para-hydroxylation sites is 4. The van der Waals surface area contributed by atoms with Crippen LogP contribution >= 0.6 is 0 Å². The summed E-state index contributed by atoms with van der Waals surface area (Å²) in [6.45, 7) is 8.57. The molecule has 0 N–H and O–H groups in total. The molecule has 0 aliphatic rings. The van der Waals surface area contributed by atoms with Crippen LogP contribution in [0, 0.1) is 39.8 Å². The van der Waals surface area contributed by atoms with Gasteiger partial charge in [-0.2, -0.15) is 0 Å². The number of nitrogens with zero attached hydrogens (tertiary/aromatic N) is 6. The van der Waals surface area contributed by atoms with Crippen molar-refractivity contribution < 1.29 is 25.2 Å². The Morgan fingerprint density at radius 3 is 1.23 bits per heavy atom. The van der Waals surface area contributed by atoms with Crippen molar-refractivity contribution in [3.05, 3.63) is 168 Å². The number of benzene rings is 6. The van der Waals surface area contributed by atoms with Crippen molar-refractivity contribution in [2.45, 2.75) is 27.7 Å². The van der Waals surface area contributed by atoms with E-state index in [1.54, 1.807) is 0 Å². The van der Waals surface area contributed by atoms with Crippen LogP contribution in [0.4, 0.5) is 0 Å². The summed E-state index contributed by atoms with van der Waals surface area (Å²) in [5.41, 5.74) is 16.0. The second-order valence-corrected chi connectivity index (χ2v) is 15.5. The van der Waals surface area contributed by atoms with Gasteiger partial charge >= 0.3 is 20.4 Å². The van der Waals surface area contributed by atoms with Crippen LogP contribution < -0.4 is 4.74 Å². The van der Waals surface area contributed by atoms with E-state index in [0.29, 0.717) is 11.5 Å². The molecule has 288 valence electrons. The van der Waals surface area contributed by atoms with Gasteiger partial charge in [-0.3, -0.25) is 9.97 Å². The zero-order chi connectivity index (χ0) is 39.5. The van der Waals surface area contributed by atoms with Crippen LogP contribution in [0.25, 0.3) is 99.5 Å². The molecule has 0 saturated heterocycles. The molecule has 12 aromatic rings. The molecule has 0 fully saturated rings. The van der Waals surface area contributed by atoms with E-state index in [1.807, 2.05) is 48.5 Å². The van der Waals surface area contributed by atoms with E-state index >= 15 is 0 Å². The monoisotopic (exact) mass is 864 g/mol. The molecular weight excluding hydrogens is 831 g/mol. The number of aromatic nitrogens is 6. The van der Waals surface area contributed by atoms with Crippen molar-refractivity contribution >= 4 is 77.0 Å². The second kappa shape index (κ2) is 13.5. The molecule has 6 heterocycles. The minimum Gasteiger partial charge on any atom is -0.497 e. The third-order valence-electron chi connectivity index (χ3n) is 11.9. The van der Waals surface area contributed by atoms with Crippen LogP contribution in [0.3, 0.4) is 0 Å². The normalized spacial score (nSPS) is 11.9. The molecule has 0 radical (unpaired) electrons. The van der Waals surface area contributed by atoms with E-state index < -0.39 is 0 Å². The molecule has 0 unspecified atom stereocenters. The van der Waals surface area contributed by atoms with Gasteiger partial charge in [0.1, 0.15) is 11.3 Å². The molecule has 6 aromatic heterocycles. The van der Waals surface area contributed by atoms with Crippen molar-refractivity contribution in [2.75, 3.05) is 0 Å². The topological polar surface area (TPSA) is 69.6 Å². The molecule has 0 spiro atoms. The van der Waals surface area contributed by atoms with Gasteiger partial charge in [-0.15, -0.1) is 12.1 Å². The van der Waals surface area contributed by atoms with Gasteiger partial charge in [-0.25, -0.2) is 9.97 Å². The molecule has 0 aliphatic carbocycles. The molecule has 0 saturated carbocycles. The first-order chi connectivity index (χ1) is 28.9. The van der Waals surface area contributed by atoms with E-state index in [1.165, 1.54) is 22.3 Å². The standard InChI is InChI=1S/C52H34N6O.Pd/c1-29-11-9-12-30(2)47(29)43-25-23-37-35-21-19-33(27-39(35)51-53-41-15-5-7-17-45(41)57(51)49(37)55-43)59-34-20-22-36-38-24-26-44(48-31(3)13-10-14-32(48)4)56-50(38)58-46-18-8-6-16-42(46)54-52(58)40(36)28-34;/h5-26H,1-4H3;/q-2;+2. The summed E-state index contributed by atoms with van der Waals surface area (Å²) in [6.07, 6.45) is 0. The predicted molar refractivity (Wildman–Crippen MR) is 239 cm³/mol. The molecule has 8 heteroatoms. The summed E-state index contributed by atoms with van der Waals surface area (Å²) in [7, 11) is 0. The Kier molecular flexibility index (Phi) is 8.15. The summed E-state index contributed by atoms with van der Waals surface area (Å²) >= 11 is 0. The molecular formula is C52H34N6OPd. The van der Waals surface area contributed by atoms with Gasteiger partial charge in [-0.1, -0.05) is 119 Å². The van der Waals surface area contributed by atoms with E-state index in [2.05, 4.69) is 134 Å². The van der Waals surface area contributed by atoms with E-state index in [0.717, 1.165) is 99.5 Å². The van der Waals surface area contributed by atoms with Crippen molar-refractivity contribution in [3.63, 3.8) is 0 Å². The molecule has 60 heavy (non-hydrogen) atoms. The average molecular weight is 865 g/mol. The average Bonchev–Trinajstić information content (AvgIpc) is 3.84. The minimum absolute atomic E-state index is 0. The van der Waals surface area contributed by atoms with Crippen molar-refractivity contribution in [3.8, 4) is 34.0 Å². The third-order valence-corrected chi connectivity index (χ3v) is 11.9. The third kappa shape index (κ3) is 5.31. The molecule has 0 atom stereocenters. The SMILES string of the molecule is Cc1cccc(C)c1-c1ccc2c3ccc(Oc4[c-]c5c(cc4)c4ccc(-c6c(C)cccc6C)nc4n4c6ccccc6nc54)[c-]c3c3nc4ccccc4n3c2n1.[Pd+2]. The van der Waals surface area contributed by atoms with E-state index in [9.17, 15) is 0 Å². The quantitative estimate of drug-likeness (QED) is 0.100. The Morgan fingerprint density at radius 1 is 0.400 bits per heavy atom. The van der Waals surface area contributed by atoms with Gasteiger partial charge in [0.05, 0.1) is 44.7 Å². The number of hydrogen-bond acceptors (Lipinski definition) is 5. The van der Waals surface area contributed by atoms with E-state index in [-0.39, 0.29) is 20.4 Å². The Labute approximate surface area is 358 Å². The number of hydrogen-bond donors (Lipinski definition) is 0. The maximum atomic E-state index is 6.65. The number of rotatable bonds is 4. The van der Waals surface area contributed by atoms with Gasteiger partial charge < -0.3 is 13.5 Å². The molecule has 12 rings (SSSR count). The molecule has 0 amide bonds. The molecule has 7 nitrogen and oxygen atoms in total. The van der Waals surface area contributed by atoms with Gasteiger partial charge in [-0.05, 0) is 97.1 Å². The van der Waals surface area contributed by atoms with Crippen LogP contribution in [-0.2, 0) is 20.4 Å². The molecule has 0 aliphatic heterocycles. The Morgan fingerprint density at radius 2 is 0.800 bits per heavy atom. The van der Waals surface area contributed by atoms with Gasteiger partial charge in [0.15, 0.2) is 0 Å². The van der Waals surface area contributed by atoms with Crippen molar-refractivity contribution in [1.82, 2.24) is 28.7 Å². The summed E-state index contributed by atoms with van der Waals surface area (Å²) in [4.78, 5) is 21.0. The van der Waals surface area contributed by atoms with E-state index in [4.69, 9.17) is 24.7 Å². The number of pyridine rings is 4. The van der Waals surface area contributed by atoms with Crippen LogP contribution in [0.2, 0.25) is 0 Å². The van der Waals surface area contributed by atoms with Crippen molar-refractivity contribution in [1.29, 1.82) is 0 Å². The van der Waals surface area contributed by atoms with Gasteiger partial charge in [0, 0.05) is 22.6 Å². The fourth-order valence-corrected chi connectivity index (χ4v) is 9.18. The molecule has 6 aromatic carbocycles. The Bertz CT molecular complexity index is 3480. The first kappa shape index (κ1) is 36.1. The summed E-state index contributed by atoms with van der Waals surface area (Å²) in [6, 6.07) is 53.1. The number of ether oxygens (including phenoxy) is 1. The Balaban J connectivity index is 0.00000408. The first-order valence-electron chi connectivity index (χ1n) is 19.8. The van der Waals surface area contributed by atoms with Crippen LogP contribution in [0.5, 0.6) is 11.5 Å². The summed E-state index contributed by atoms with van der Waals surface area (Å²) in [5, 5.41) is 5.74. The predicted octanol–water partition coefficient (Wildman–Crippen LogP) is 12.6. The minimum atomic E-state index is 0. The number of fused-ring (bicyclic) bond motifs is 16. The van der Waals surface area contributed by atoms with Gasteiger partial charge in [0.25, 0.3) is 0 Å². The fourth-order valence-electron chi connectivity index (χ4n) is 9.18. The van der Waals surface area contributed by atoms with Crippen molar-refractivity contribution in [2.24, 2.45) is 0 Å². The van der Waals surface area contributed by atoms with Crippen LogP contribution in [0.1, 0.15) is 22.3 Å². The summed E-state index contributed by atoms with van der Waals surface area (Å²) < 4.78 is 11.0. The fraction of sp³-hybridized carbons (Fsp3) is 0.0769. The first-order valence-corrected chi connectivity index (χ1v) is 19.8. The smallest absolute Gasteiger partial charge is 0.497 e. The zero-order valence-electron chi connectivity index (χ0n) is 33.1. The Hall–Kier alpha value is -6.98. The van der Waals surface area contributed by atoms with Gasteiger partial charge in [0.2, 0.25) is 0 Å². The molecule has 0 bridgehead atoms. The largest absolute Gasteiger partial charge is 2.00 e. The summed E-state index contributed by atoms with van der Waals surface area (Å²) in [5.74, 6) is 1.12. The van der Waals surface area contributed by atoms with Crippen LogP contribution in [-0.4, -0.2) is 28.7 Å². The maximum Gasteiger partial charge on any atom is 2.00 e. The number of aryl methyl sites for hydroxylation is 4. The van der Waals surface area contributed by atoms with Crippen LogP contribution in [0.15, 0.2) is 133 Å². The zero-order valence-corrected chi connectivity index (χ0v) is 34.7. The number of imidazole rings is 2.